The van der Waals surface area contributed by atoms with E-state index in [1.54, 1.807) is 0 Å². The number of fused-ring (bicyclic) bond motifs is 1. The van der Waals surface area contributed by atoms with Crippen LogP contribution in [0.15, 0.2) is 30.9 Å². The van der Waals surface area contributed by atoms with Gasteiger partial charge in [0.1, 0.15) is 23.7 Å². The lowest BCUT2D eigenvalue weighted by Crippen LogP contribution is -2.62. The Kier molecular flexibility index (Phi) is 7.55. The van der Waals surface area contributed by atoms with Crippen molar-refractivity contribution in [1.29, 1.82) is 0 Å². The molecular formula is C20H21F6N3O5. The van der Waals surface area contributed by atoms with Crippen LogP contribution in [-0.2, 0) is 14.4 Å². The van der Waals surface area contributed by atoms with Crippen molar-refractivity contribution in [2.75, 3.05) is 18.0 Å². The molecule has 3 amide bonds. The summed E-state index contributed by atoms with van der Waals surface area (Å²) in [4.78, 5) is 38.7. The zero-order valence-corrected chi connectivity index (χ0v) is 17.9. The Labute approximate surface area is 189 Å². The molecule has 0 radical (unpaired) electrons. The van der Waals surface area contributed by atoms with Gasteiger partial charge in [-0.25, -0.2) is 4.39 Å². The second kappa shape index (κ2) is 9.52. The van der Waals surface area contributed by atoms with Crippen molar-refractivity contribution in [2.24, 2.45) is 0 Å². The number of nitrogens with one attached hydrogen (secondary N) is 2. The van der Waals surface area contributed by atoms with Crippen molar-refractivity contribution in [3.8, 4) is 5.75 Å². The molecule has 1 aromatic carbocycles. The lowest BCUT2D eigenvalue weighted by atomic mass is 10.0. The lowest BCUT2D eigenvalue weighted by molar-refractivity contribution is -0.278. The van der Waals surface area contributed by atoms with Crippen LogP contribution in [-0.4, -0.2) is 65.8 Å². The van der Waals surface area contributed by atoms with Crippen molar-refractivity contribution >= 4 is 23.4 Å². The first-order valence-electron chi connectivity index (χ1n) is 9.67. The molecule has 3 N–H and O–H groups in total. The van der Waals surface area contributed by atoms with Crippen LogP contribution in [0, 0.1) is 5.82 Å². The molecule has 1 heterocycles. The van der Waals surface area contributed by atoms with E-state index in [0.717, 1.165) is 17.0 Å². The van der Waals surface area contributed by atoms with E-state index in [1.165, 1.54) is 24.4 Å². The third-order valence-electron chi connectivity index (χ3n) is 4.89. The fourth-order valence-electron chi connectivity index (χ4n) is 2.90. The first kappa shape index (κ1) is 27.0. The summed E-state index contributed by atoms with van der Waals surface area (Å²) in [5, 5.41) is 13.4. The minimum atomic E-state index is -5.98. The van der Waals surface area contributed by atoms with Crippen molar-refractivity contribution < 1.29 is 50.6 Å². The molecule has 3 atom stereocenters. The zero-order chi connectivity index (χ0) is 26.1. The molecular weight excluding hydrogens is 476 g/mol. The number of ether oxygens (including phenoxy) is 1. The van der Waals surface area contributed by atoms with Gasteiger partial charge in [-0.1, -0.05) is 6.08 Å². The standard InChI is InChI=1S/C20H21F6N3O5/c1-4-7-29-12-8-11(21)5-6-13(12)34-10(2)14(15(29)30)28-17(32)18(3,33)16(31)27-9-19(22,23)20(24,25)26/h4-6,8,10,14,33H,1,7,9H2,2-3H3,(H,27,31)(H,28,32)/t10-,14+,18?/m1/s1. The van der Waals surface area contributed by atoms with Gasteiger partial charge in [-0.15, -0.1) is 6.58 Å². The third-order valence-corrected chi connectivity index (χ3v) is 4.89. The average Bonchev–Trinajstić information content (AvgIpc) is 2.81. The van der Waals surface area contributed by atoms with E-state index in [0.29, 0.717) is 6.92 Å². The summed E-state index contributed by atoms with van der Waals surface area (Å²) < 4.78 is 82.3. The van der Waals surface area contributed by atoms with Crippen LogP contribution in [0.5, 0.6) is 5.75 Å². The van der Waals surface area contributed by atoms with E-state index in [4.69, 9.17) is 4.74 Å². The van der Waals surface area contributed by atoms with E-state index in [2.05, 4.69) is 6.58 Å². The Balaban J connectivity index is 2.24. The lowest BCUT2D eigenvalue weighted by Gasteiger charge is -2.29. The molecule has 1 unspecified atom stereocenters. The summed E-state index contributed by atoms with van der Waals surface area (Å²) in [7, 11) is 0. The number of hydrogen-bond acceptors (Lipinski definition) is 5. The molecule has 2 rings (SSSR count). The average molecular weight is 497 g/mol. The first-order valence-corrected chi connectivity index (χ1v) is 9.67. The SMILES string of the molecule is C=CCN1C(=O)[C@@H](NC(=O)C(C)(O)C(=O)NCC(F)(F)C(F)(F)F)[C@@H](C)Oc2ccc(F)cc21. The second-order valence-electron chi connectivity index (χ2n) is 7.58. The highest BCUT2D eigenvalue weighted by Crippen LogP contribution is 2.35. The van der Waals surface area contributed by atoms with Gasteiger partial charge < -0.3 is 25.4 Å². The monoisotopic (exact) mass is 497 g/mol. The van der Waals surface area contributed by atoms with Gasteiger partial charge in [0.2, 0.25) is 5.60 Å². The van der Waals surface area contributed by atoms with Crippen LogP contribution >= 0.6 is 0 Å². The van der Waals surface area contributed by atoms with Crippen LogP contribution in [0.1, 0.15) is 13.8 Å². The Morgan fingerprint density at radius 1 is 1.24 bits per heavy atom. The number of amides is 3. The smallest absolute Gasteiger partial charge is 0.455 e. The summed E-state index contributed by atoms with van der Waals surface area (Å²) in [6.45, 7) is 2.99. The van der Waals surface area contributed by atoms with Gasteiger partial charge in [0.05, 0.1) is 12.2 Å². The van der Waals surface area contributed by atoms with Gasteiger partial charge in [0, 0.05) is 12.6 Å². The van der Waals surface area contributed by atoms with Crippen molar-refractivity contribution in [3.63, 3.8) is 0 Å². The van der Waals surface area contributed by atoms with E-state index in [-0.39, 0.29) is 18.0 Å². The molecule has 1 aliphatic rings. The maximum Gasteiger partial charge on any atom is 0.455 e. The van der Waals surface area contributed by atoms with Crippen LogP contribution in [0.4, 0.5) is 32.0 Å². The number of hydrogen-bond donors (Lipinski definition) is 3. The first-order chi connectivity index (χ1) is 15.5. The zero-order valence-electron chi connectivity index (χ0n) is 17.9. The van der Waals surface area contributed by atoms with Crippen LogP contribution in [0.25, 0.3) is 0 Å². The summed E-state index contributed by atoms with van der Waals surface area (Å²) in [5.41, 5.74) is -3.14. The number of nitrogens with zero attached hydrogens (tertiary/aromatic N) is 1. The van der Waals surface area contributed by atoms with Crippen LogP contribution in [0.3, 0.4) is 0 Å². The molecule has 34 heavy (non-hydrogen) atoms. The second-order valence-corrected chi connectivity index (χ2v) is 7.58. The van der Waals surface area contributed by atoms with Gasteiger partial charge in [-0.2, -0.15) is 22.0 Å². The van der Waals surface area contributed by atoms with E-state index in [1.807, 2.05) is 5.32 Å². The van der Waals surface area contributed by atoms with Crippen LogP contribution < -0.4 is 20.3 Å². The quantitative estimate of drug-likeness (QED) is 0.302. The van der Waals surface area contributed by atoms with Gasteiger partial charge >= 0.3 is 12.1 Å². The fourth-order valence-corrected chi connectivity index (χ4v) is 2.90. The molecule has 0 bridgehead atoms. The van der Waals surface area contributed by atoms with Crippen LogP contribution in [0.2, 0.25) is 0 Å². The molecule has 0 spiro atoms. The van der Waals surface area contributed by atoms with Gasteiger partial charge in [-0.3, -0.25) is 14.4 Å². The normalized spacial score (nSPS) is 20.4. The Morgan fingerprint density at radius 2 is 1.85 bits per heavy atom. The Bertz CT molecular complexity index is 982. The van der Waals surface area contributed by atoms with Crippen molar-refractivity contribution in [2.45, 2.75) is 43.7 Å². The molecule has 1 aromatic rings. The van der Waals surface area contributed by atoms with E-state index >= 15 is 0 Å². The number of alkyl halides is 5. The molecule has 14 heteroatoms. The summed E-state index contributed by atoms with van der Waals surface area (Å²) in [5.74, 6) is -10.2. The minimum absolute atomic E-state index is 0.00684. The fraction of sp³-hybridized carbons (Fsp3) is 0.450. The highest BCUT2D eigenvalue weighted by molar-refractivity contribution is 6.10. The molecule has 1 aliphatic heterocycles. The number of carbonyl (C=O) groups excluding carboxylic acids is 3. The molecule has 0 fully saturated rings. The number of carbonyl (C=O) groups is 3. The highest BCUT2D eigenvalue weighted by atomic mass is 19.4. The predicted molar refractivity (Wildman–Crippen MR) is 106 cm³/mol. The Hall–Kier alpha value is -3.29. The van der Waals surface area contributed by atoms with Gasteiger partial charge in [0.15, 0.2) is 0 Å². The predicted octanol–water partition coefficient (Wildman–Crippen LogP) is 1.68. The summed E-state index contributed by atoms with van der Waals surface area (Å²) in [6.07, 6.45) is -5.81. The molecule has 0 saturated carbocycles. The van der Waals surface area contributed by atoms with E-state index in [9.17, 15) is 45.8 Å². The largest absolute Gasteiger partial charge is 0.486 e. The van der Waals surface area contributed by atoms with Gasteiger partial charge in [-0.05, 0) is 26.0 Å². The number of halogens is 6. The highest BCUT2D eigenvalue weighted by Gasteiger charge is 2.58. The maximum atomic E-state index is 13.8. The number of benzene rings is 1. The number of rotatable bonds is 7. The number of aliphatic hydroxyl groups is 1. The molecule has 0 saturated heterocycles. The maximum absolute atomic E-state index is 13.8. The molecule has 0 aliphatic carbocycles. The molecule has 8 nitrogen and oxygen atoms in total. The Morgan fingerprint density at radius 3 is 2.41 bits per heavy atom. The summed E-state index contributed by atoms with van der Waals surface area (Å²) >= 11 is 0. The van der Waals surface area contributed by atoms with Gasteiger partial charge in [0.25, 0.3) is 17.7 Å². The van der Waals surface area contributed by atoms with E-state index < -0.39 is 59.9 Å². The third kappa shape index (κ3) is 5.43. The van der Waals surface area contributed by atoms with Crippen molar-refractivity contribution in [1.82, 2.24) is 10.6 Å². The number of anilines is 1. The topological polar surface area (TPSA) is 108 Å². The molecule has 188 valence electrons. The minimum Gasteiger partial charge on any atom is -0.486 e. The van der Waals surface area contributed by atoms with Crippen molar-refractivity contribution in [3.05, 3.63) is 36.7 Å². The summed E-state index contributed by atoms with van der Waals surface area (Å²) in [6, 6.07) is 1.73. The molecule has 0 aromatic heterocycles.